The maximum absolute atomic E-state index is 6.24. The van der Waals surface area contributed by atoms with Crippen LogP contribution in [0.4, 0.5) is 0 Å². The lowest BCUT2D eigenvalue weighted by Gasteiger charge is -2.22. The summed E-state index contributed by atoms with van der Waals surface area (Å²) in [6.45, 7) is 0. The highest BCUT2D eigenvalue weighted by Crippen LogP contribution is 2.38. The first-order valence-electron chi connectivity index (χ1n) is 6.75. The lowest BCUT2D eigenvalue weighted by Crippen LogP contribution is -2.31. The molecule has 0 saturated heterocycles. The molecule has 1 aromatic heterocycles. The van der Waals surface area contributed by atoms with Gasteiger partial charge in [0.25, 0.3) is 0 Å². The Bertz CT molecular complexity index is 791. The molecule has 0 fully saturated rings. The summed E-state index contributed by atoms with van der Waals surface area (Å²) in [5.74, 6) is 0.774. The van der Waals surface area contributed by atoms with Crippen LogP contribution < -0.4 is 10.5 Å². The van der Waals surface area contributed by atoms with E-state index in [4.69, 9.17) is 45.9 Å². The summed E-state index contributed by atoms with van der Waals surface area (Å²) in [5, 5.41) is 6.41. The van der Waals surface area contributed by atoms with E-state index in [-0.39, 0.29) is 11.2 Å². The fourth-order valence-electron chi connectivity index (χ4n) is 2.52. The first-order valence-corrected chi connectivity index (χ1v) is 8.73. The number of hydrazone groups is 1. The van der Waals surface area contributed by atoms with Gasteiger partial charge in [0, 0.05) is 12.0 Å². The fraction of sp³-hybridized carbons (Fsp3) is 0.200. The van der Waals surface area contributed by atoms with E-state index in [9.17, 15) is 0 Å². The van der Waals surface area contributed by atoms with Gasteiger partial charge in [-0.1, -0.05) is 35.3 Å². The molecular weight excluding hydrogens is 373 g/mol. The van der Waals surface area contributed by atoms with Crippen molar-refractivity contribution in [1.29, 1.82) is 0 Å². The van der Waals surface area contributed by atoms with Gasteiger partial charge in [-0.3, -0.25) is 0 Å². The number of nitrogens with zero attached hydrogens (tertiary/aromatic N) is 2. The van der Waals surface area contributed by atoms with Crippen molar-refractivity contribution in [1.82, 2.24) is 5.01 Å². The zero-order valence-corrected chi connectivity index (χ0v) is 15.3. The Kier molecular flexibility index (Phi) is 4.77. The summed E-state index contributed by atoms with van der Waals surface area (Å²) in [6.07, 6.45) is 0.636. The molecule has 0 amide bonds. The molecule has 0 radical (unpaired) electrons. The van der Waals surface area contributed by atoms with Crippen molar-refractivity contribution in [3.63, 3.8) is 0 Å². The van der Waals surface area contributed by atoms with E-state index >= 15 is 0 Å². The monoisotopic (exact) mass is 385 g/mol. The number of halogens is 2. The molecule has 2 heterocycles. The average molecular weight is 386 g/mol. The molecule has 1 unspecified atom stereocenters. The van der Waals surface area contributed by atoms with E-state index in [0.29, 0.717) is 15.1 Å². The molecule has 1 aliphatic heterocycles. The topological polar surface area (TPSA) is 50.8 Å². The van der Waals surface area contributed by atoms with Gasteiger partial charge in [-0.25, -0.2) is 5.01 Å². The quantitative estimate of drug-likeness (QED) is 0.792. The molecule has 8 heteroatoms. The molecule has 0 saturated carbocycles. The van der Waals surface area contributed by atoms with Crippen LogP contribution in [-0.4, -0.2) is 22.9 Å². The highest BCUT2D eigenvalue weighted by Gasteiger charge is 2.32. The van der Waals surface area contributed by atoms with E-state index in [2.05, 4.69) is 5.10 Å². The van der Waals surface area contributed by atoms with Crippen molar-refractivity contribution in [2.45, 2.75) is 12.5 Å². The van der Waals surface area contributed by atoms with E-state index in [1.807, 2.05) is 30.3 Å². The molecule has 0 spiro atoms. The van der Waals surface area contributed by atoms with Crippen LogP contribution in [0.1, 0.15) is 23.6 Å². The van der Waals surface area contributed by atoms with Gasteiger partial charge < -0.3 is 10.5 Å². The normalized spacial score (nSPS) is 17.3. The second kappa shape index (κ2) is 6.65. The molecule has 0 bridgehead atoms. The van der Waals surface area contributed by atoms with Gasteiger partial charge in [0.05, 0.1) is 23.2 Å². The summed E-state index contributed by atoms with van der Waals surface area (Å²) in [6, 6.07) is 9.50. The first-order chi connectivity index (χ1) is 11.0. The van der Waals surface area contributed by atoms with Crippen LogP contribution in [0.3, 0.4) is 0 Å². The SMILES string of the molecule is COc1cccc(C2CC(c3cc(Cl)sc3Cl)=NN2C(N)=S)c1. The van der Waals surface area contributed by atoms with Crippen LogP contribution >= 0.6 is 46.8 Å². The van der Waals surface area contributed by atoms with E-state index < -0.39 is 0 Å². The molecule has 0 aliphatic carbocycles. The molecule has 1 atom stereocenters. The predicted molar refractivity (Wildman–Crippen MR) is 99.9 cm³/mol. The van der Waals surface area contributed by atoms with Crippen molar-refractivity contribution in [3.05, 3.63) is 50.1 Å². The van der Waals surface area contributed by atoms with Crippen molar-refractivity contribution in [2.24, 2.45) is 10.8 Å². The number of methoxy groups -OCH3 is 1. The van der Waals surface area contributed by atoms with Crippen molar-refractivity contribution >= 4 is 57.6 Å². The van der Waals surface area contributed by atoms with Gasteiger partial charge in [-0.2, -0.15) is 5.10 Å². The third kappa shape index (κ3) is 3.30. The van der Waals surface area contributed by atoms with Crippen LogP contribution in [0.15, 0.2) is 35.4 Å². The number of hydrogen-bond donors (Lipinski definition) is 1. The standard InChI is InChI=1S/C15H13Cl2N3OS2/c1-21-9-4-2-3-8(5-9)12-7-11(19-20(12)15(18)22)10-6-13(16)23-14(10)17/h2-6,12H,7H2,1H3,(H2,18,22). The van der Waals surface area contributed by atoms with Gasteiger partial charge in [0.2, 0.25) is 0 Å². The number of ether oxygens (including phenoxy) is 1. The molecular formula is C15H13Cl2N3OS2. The Morgan fingerprint density at radius 1 is 1.43 bits per heavy atom. The number of thiocarbonyl (C=S) groups is 1. The third-order valence-electron chi connectivity index (χ3n) is 3.58. The van der Waals surface area contributed by atoms with Gasteiger partial charge in [-0.15, -0.1) is 11.3 Å². The zero-order valence-electron chi connectivity index (χ0n) is 12.1. The predicted octanol–water partition coefficient (Wildman–Crippen LogP) is 4.46. The Labute approximate surface area is 153 Å². The molecule has 120 valence electrons. The second-order valence-corrected chi connectivity index (χ2v) is 7.67. The summed E-state index contributed by atoms with van der Waals surface area (Å²) in [4.78, 5) is 0. The van der Waals surface area contributed by atoms with Gasteiger partial charge in [0.1, 0.15) is 10.1 Å². The minimum absolute atomic E-state index is 0.0904. The maximum atomic E-state index is 6.24. The Hall–Kier alpha value is -1.34. The Morgan fingerprint density at radius 2 is 2.22 bits per heavy atom. The van der Waals surface area contributed by atoms with Gasteiger partial charge in [0.15, 0.2) is 5.11 Å². The van der Waals surface area contributed by atoms with Crippen LogP contribution in [0, 0.1) is 0 Å². The van der Waals surface area contributed by atoms with Crippen molar-refractivity contribution in [2.75, 3.05) is 7.11 Å². The van der Waals surface area contributed by atoms with Crippen LogP contribution in [0.2, 0.25) is 8.67 Å². The van der Waals surface area contributed by atoms with Crippen LogP contribution in [0.5, 0.6) is 5.75 Å². The van der Waals surface area contributed by atoms with Crippen LogP contribution in [0.25, 0.3) is 0 Å². The zero-order chi connectivity index (χ0) is 16.6. The first kappa shape index (κ1) is 16.5. The van der Waals surface area contributed by atoms with Gasteiger partial charge >= 0.3 is 0 Å². The molecule has 4 nitrogen and oxygen atoms in total. The fourth-order valence-corrected chi connectivity index (χ4v) is 4.20. The van der Waals surface area contributed by atoms with E-state index in [0.717, 1.165) is 22.6 Å². The summed E-state index contributed by atoms with van der Waals surface area (Å²) < 4.78 is 6.53. The van der Waals surface area contributed by atoms with Crippen molar-refractivity contribution < 1.29 is 4.74 Å². The number of nitrogens with two attached hydrogens (primary N) is 1. The summed E-state index contributed by atoms with van der Waals surface area (Å²) >= 11 is 18.7. The maximum Gasteiger partial charge on any atom is 0.187 e. The summed E-state index contributed by atoms with van der Waals surface area (Å²) in [5.41, 5.74) is 8.51. The smallest absolute Gasteiger partial charge is 0.187 e. The third-order valence-corrected chi connectivity index (χ3v) is 5.26. The Balaban J connectivity index is 1.97. The average Bonchev–Trinajstić information content (AvgIpc) is 3.10. The van der Waals surface area contributed by atoms with E-state index in [1.54, 1.807) is 12.1 Å². The largest absolute Gasteiger partial charge is 0.497 e. The lowest BCUT2D eigenvalue weighted by molar-refractivity contribution is 0.369. The number of hydrogen-bond acceptors (Lipinski definition) is 4. The van der Waals surface area contributed by atoms with Gasteiger partial charge in [-0.05, 0) is 36.0 Å². The Morgan fingerprint density at radius 3 is 2.83 bits per heavy atom. The van der Waals surface area contributed by atoms with Crippen molar-refractivity contribution in [3.8, 4) is 5.75 Å². The molecule has 2 aromatic rings. The van der Waals surface area contributed by atoms with Crippen LogP contribution in [-0.2, 0) is 0 Å². The number of rotatable bonds is 3. The molecule has 1 aliphatic rings. The highest BCUT2D eigenvalue weighted by molar-refractivity contribution is 7.80. The molecule has 1 aromatic carbocycles. The lowest BCUT2D eigenvalue weighted by atomic mass is 9.99. The number of thiophene rings is 1. The molecule has 2 N–H and O–H groups in total. The minimum Gasteiger partial charge on any atom is -0.497 e. The molecule has 3 rings (SSSR count). The summed E-state index contributed by atoms with van der Waals surface area (Å²) in [7, 11) is 1.63. The number of benzene rings is 1. The van der Waals surface area contributed by atoms with E-state index in [1.165, 1.54) is 11.3 Å². The second-order valence-electron chi connectivity index (χ2n) is 4.96. The molecule has 23 heavy (non-hydrogen) atoms. The highest BCUT2D eigenvalue weighted by atomic mass is 35.5. The minimum atomic E-state index is -0.0904.